The van der Waals surface area contributed by atoms with Crippen LogP contribution in [-0.4, -0.2) is 10.4 Å². The highest BCUT2D eigenvalue weighted by Crippen LogP contribution is 2.39. The molecule has 6 aromatic carbocycles. The molecule has 0 spiro atoms. The van der Waals surface area contributed by atoms with E-state index in [9.17, 15) is 5.26 Å². The zero-order chi connectivity index (χ0) is 29.2. The van der Waals surface area contributed by atoms with Crippen molar-refractivity contribution in [3.63, 3.8) is 0 Å². The Morgan fingerprint density at radius 2 is 1.45 bits per heavy atom. The van der Waals surface area contributed by atoms with Crippen LogP contribution in [0.2, 0.25) is 0 Å². The number of aromatic nitrogens is 1. The van der Waals surface area contributed by atoms with E-state index in [0.29, 0.717) is 5.56 Å². The van der Waals surface area contributed by atoms with Gasteiger partial charge >= 0.3 is 0 Å². The molecular formula is C39H24N4O. The maximum Gasteiger partial charge on any atom is 0.136 e. The maximum atomic E-state index is 9.51. The normalized spacial score (nSPS) is 14.4. The lowest BCUT2D eigenvalue weighted by Gasteiger charge is -2.26. The molecule has 0 saturated heterocycles. The van der Waals surface area contributed by atoms with E-state index >= 15 is 0 Å². The Kier molecular flexibility index (Phi) is 5.26. The smallest absolute Gasteiger partial charge is 0.136 e. The van der Waals surface area contributed by atoms with Crippen molar-refractivity contribution in [2.45, 2.75) is 6.04 Å². The van der Waals surface area contributed by atoms with Gasteiger partial charge in [-0.2, -0.15) is 5.26 Å². The molecule has 206 valence electrons. The summed E-state index contributed by atoms with van der Waals surface area (Å²) in [5.41, 5.74) is 9.88. The second-order valence-electron chi connectivity index (χ2n) is 11.2. The molecule has 0 aliphatic carbocycles. The van der Waals surface area contributed by atoms with Gasteiger partial charge in [-0.25, -0.2) is 0 Å². The van der Waals surface area contributed by atoms with E-state index in [-0.39, 0.29) is 6.04 Å². The van der Waals surface area contributed by atoms with Gasteiger partial charge in [0.15, 0.2) is 0 Å². The van der Waals surface area contributed by atoms with E-state index in [0.717, 1.165) is 72.3 Å². The van der Waals surface area contributed by atoms with Crippen LogP contribution in [0.1, 0.15) is 28.3 Å². The van der Waals surface area contributed by atoms with Crippen molar-refractivity contribution < 1.29 is 4.42 Å². The minimum absolute atomic E-state index is 0.208. The molecule has 1 aliphatic heterocycles. The molecule has 0 fully saturated rings. The number of rotatable bonds is 3. The second kappa shape index (κ2) is 9.45. The number of benzene rings is 6. The standard InChI is InChI=1S/C39H24N4O/c40-23-24-8-7-9-26(20-24)38-30-12-1-4-13-33(30)41-39(42-38)25-16-18-27(19-17-25)43-34-14-5-2-10-28(34)31-22-37-32(21-35(31)43)29-11-3-6-15-36(29)44-37/h1-22,38H,(H,41,42). The zero-order valence-electron chi connectivity index (χ0n) is 23.5. The van der Waals surface area contributed by atoms with Crippen LogP contribution in [0, 0.1) is 11.3 Å². The summed E-state index contributed by atoms with van der Waals surface area (Å²) in [6.45, 7) is 0. The second-order valence-corrected chi connectivity index (χ2v) is 11.2. The molecular weight excluding hydrogens is 540 g/mol. The predicted octanol–water partition coefficient (Wildman–Crippen LogP) is 9.52. The monoisotopic (exact) mass is 564 g/mol. The van der Waals surface area contributed by atoms with Gasteiger partial charge in [-0.1, -0.05) is 66.7 Å². The van der Waals surface area contributed by atoms with Crippen LogP contribution < -0.4 is 5.32 Å². The fourth-order valence-corrected chi connectivity index (χ4v) is 6.62. The molecule has 3 heterocycles. The summed E-state index contributed by atoms with van der Waals surface area (Å²) < 4.78 is 8.57. The number of amidine groups is 1. The number of para-hydroxylation sites is 3. The van der Waals surface area contributed by atoms with Crippen molar-refractivity contribution >= 4 is 55.3 Å². The van der Waals surface area contributed by atoms with Crippen molar-refractivity contribution in [1.82, 2.24) is 4.57 Å². The minimum Gasteiger partial charge on any atom is -0.456 e. The third-order valence-electron chi connectivity index (χ3n) is 8.67. The Labute approximate surface area is 252 Å². The van der Waals surface area contributed by atoms with Gasteiger partial charge in [0, 0.05) is 44.0 Å². The fourth-order valence-electron chi connectivity index (χ4n) is 6.62. The van der Waals surface area contributed by atoms with E-state index in [2.05, 4.69) is 101 Å². The number of nitrogens with one attached hydrogen (secondary N) is 1. The van der Waals surface area contributed by atoms with Gasteiger partial charge in [-0.05, 0) is 72.3 Å². The molecule has 9 rings (SSSR count). The van der Waals surface area contributed by atoms with Gasteiger partial charge in [0.25, 0.3) is 0 Å². The average molecular weight is 565 g/mol. The molecule has 1 aliphatic rings. The summed E-state index contributed by atoms with van der Waals surface area (Å²) in [6.07, 6.45) is 0. The molecule has 1 N–H and O–H groups in total. The number of nitrogens with zero attached hydrogens (tertiary/aromatic N) is 3. The lowest BCUT2D eigenvalue weighted by Crippen LogP contribution is -2.22. The zero-order valence-corrected chi connectivity index (χ0v) is 23.5. The first-order chi connectivity index (χ1) is 21.7. The first kappa shape index (κ1) is 24.5. The summed E-state index contributed by atoms with van der Waals surface area (Å²) in [7, 11) is 0. The SMILES string of the molecule is N#Cc1cccc(C2N=C(c3ccc(-n4c5ccccc5c5cc6oc7ccccc7c6cc54)cc3)Nc3ccccc32)c1. The number of aliphatic imine (C=N–C) groups is 1. The van der Waals surface area contributed by atoms with Crippen LogP contribution in [0.15, 0.2) is 143 Å². The summed E-state index contributed by atoms with van der Waals surface area (Å²) in [5.74, 6) is 0.802. The number of furan rings is 1. The number of nitriles is 1. The number of fused-ring (bicyclic) bond motifs is 7. The van der Waals surface area contributed by atoms with Crippen LogP contribution in [-0.2, 0) is 0 Å². The topological polar surface area (TPSA) is 66.2 Å². The maximum absolute atomic E-state index is 9.51. The largest absolute Gasteiger partial charge is 0.456 e. The van der Waals surface area contributed by atoms with Crippen molar-refractivity contribution in [3.05, 3.63) is 156 Å². The fraction of sp³-hybridized carbons (Fsp3) is 0.0256. The van der Waals surface area contributed by atoms with Crippen LogP contribution in [0.4, 0.5) is 5.69 Å². The Morgan fingerprint density at radius 1 is 0.659 bits per heavy atom. The molecule has 0 amide bonds. The Balaban J connectivity index is 1.18. The van der Waals surface area contributed by atoms with Gasteiger partial charge in [-0.3, -0.25) is 4.99 Å². The number of hydrogen-bond donors (Lipinski definition) is 1. The molecule has 0 bridgehead atoms. The van der Waals surface area contributed by atoms with Gasteiger partial charge in [0.05, 0.1) is 22.7 Å². The lowest BCUT2D eigenvalue weighted by molar-refractivity contribution is 0.669. The first-order valence-corrected chi connectivity index (χ1v) is 14.6. The average Bonchev–Trinajstić information content (AvgIpc) is 3.61. The minimum atomic E-state index is -0.208. The van der Waals surface area contributed by atoms with Gasteiger partial charge in [0.1, 0.15) is 23.0 Å². The molecule has 1 atom stereocenters. The molecule has 5 nitrogen and oxygen atoms in total. The van der Waals surface area contributed by atoms with Crippen LogP contribution in [0.3, 0.4) is 0 Å². The Morgan fingerprint density at radius 3 is 2.34 bits per heavy atom. The van der Waals surface area contributed by atoms with Crippen molar-refractivity contribution in [1.29, 1.82) is 5.26 Å². The van der Waals surface area contributed by atoms with E-state index in [1.165, 1.54) is 5.39 Å². The Hall–Kier alpha value is -6.12. The summed E-state index contributed by atoms with van der Waals surface area (Å²) in [6, 6.07) is 47.8. The molecule has 0 saturated carbocycles. The summed E-state index contributed by atoms with van der Waals surface area (Å²) in [4.78, 5) is 5.17. The Bertz CT molecular complexity index is 2490. The number of anilines is 1. The molecule has 44 heavy (non-hydrogen) atoms. The molecule has 0 radical (unpaired) electrons. The third-order valence-corrected chi connectivity index (χ3v) is 8.67. The highest BCUT2D eigenvalue weighted by molar-refractivity contribution is 6.17. The summed E-state index contributed by atoms with van der Waals surface area (Å²) in [5, 5.41) is 17.6. The van der Waals surface area contributed by atoms with Crippen molar-refractivity contribution in [2.75, 3.05) is 5.32 Å². The van der Waals surface area contributed by atoms with Crippen LogP contribution >= 0.6 is 0 Å². The van der Waals surface area contributed by atoms with Crippen LogP contribution in [0.25, 0.3) is 49.4 Å². The third kappa shape index (κ3) is 3.68. The first-order valence-electron chi connectivity index (χ1n) is 14.6. The van der Waals surface area contributed by atoms with E-state index in [1.807, 2.05) is 48.5 Å². The lowest BCUT2D eigenvalue weighted by atomic mass is 9.94. The highest BCUT2D eigenvalue weighted by Gasteiger charge is 2.24. The van der Waals surface area contributed by atoms with Crippen molar-refractivity contribution in [3.8, 4) is 11.8 Å². The highest BCUT2D eigenvalue weighted by atomic mass is 16.3. The van der Waals surface area contributed by atoms with Crippen molar-refractivity contribution in [2.24, 2.45) is 4.99 Å². The molecule has 1 unspecified atom stereocenters. The van der Waals surface area contributed by atoms with Gasteiger partial charge in [0.2, 0.25) is 0 Å². The van der Waals surface area contributed by atoms with E-state index in [1.54, 1.807) is 0 Å². The van der Waals surface area contributed by atoms with Gasteiger partial charge < -0.3 is 14.3 Å². The van der Waals surface area contributed by atoms with Gasteiger partial charge in [-0.15, -0.1) is 0 Å². The summed E-state index contributed by atoms with van der Waals surface area (Å²) >= 11 is 0. The molecule has 8 aromatic rings. The molecule has 2 aromatic heterocycles. The van der Waals surface area contributed by atoms with E-state index in [4.69, 9.17) is 9.41 Å². The quantitative estimate of drug-likeness (QED) is 0.232. The van der Waals surface area contributed by atoms with Crippen LogP contribution in [0.5, 0.6) is 0 Å². The molecule has 5 heteroatoms. The number of hydrogen-bond acceptors (Lipinski definition) is 4. The van der Waals surface area contributed by atoms with E-state index < -0.39 is 0 Å². The predicted molar refractivity (Wildman–Crippen MR) is 178 cm³/mol.